The van der Waals surface area contributed by atoms with Crippen molar-refractivity contribution < 1.29 is 4.74 Å². The van der Waals surface area contributed by atoms with Gasteiger partial charge < -0.3 is 10.5 Å². The van der Waals surface area contributed by atoms with Gasteiger partial charge in [-0.25, -0.2) is 0 Å². The number of hydrogen-bond donors (Lipinski definition) is 1. The summed E-state index contributed by atoms with van der Waals surface area (Å²) < 4.78 is 5.76. The topological polar surface area (TPSA) is 38.5 Å². The van der Waals surface area contributed by atoms with Gasteiger partial charge in [-0.3, -0.25) is 4.90 Å². The Labute approximate surface area is 110 Å². The summed E-state index contributed by atoms with van der Waals surface area (Å²) in [6, 6.07) is 6.33. The van der Waals surface area contributed by atoms with E-state index in [1.165, 1.54) is 24.8 Å². The number of likely N-dealkylation sites (N-methyl/N-ethyl adjacent to an activating group) is 1. The van der Waals surface area contributed by atoms with Gasteiger partial charge in [0.15, 0.2) is 0 Å². The Bertz CT molecular complexity index is 386. The van der Waals surface area contributed by atoms with E-state index >= 15 is 0 Å². The van der Waals surface area contributed by atoms with Crippen molar-refractivity contribution in [3.8, 4) is 0 Å². The van der Waals surface area contributed by atoms with Crippen LogP contribution in [-0.2, 0) is 11.3 Å². The summed E-state index contributed by atoms with van der Waals surface area (Å²) in [6.07, 6.45) is 4.12. The molecule has 0 radical (unpaired) electrons. The Morgan fingerprint density at radius 1 is 1.39 bits per heavy atom. The highest BCUT2D eigenvalue weighted by molar-refractivity contribution is 5.48. The summed E-state index contributed by atoms with van der Waals surface area (Å²) in [4.78, 5) is 2.32. The Hall–Kier alpha value is -1.06. The Morgan fingerprint density at radius 2 is 2.22 bits per heavy atom. The predicted octanol–water partition coefficient (Wildman–Crippen LogP) is 2.58. The molecule has 3 nitrogen and oxygen atoms in total. The number of aryl methyl sites for hydroxylation is 1. The number of nitrogens with zero attached hydrogens (tertiary/aromatic N) is 1. The lowest BCUT2D eigenvalue weighted by molar-refractivity contribution is -0.00258. The highest BCUT2D eigenvalue weighted by Crippen LogP contribution is 2.16. The fourth-order valence-electron chi connectivity index (χ4n) is 2.46. The van der Waals surface area contributed by atoms with E-state index in [2.05, 4.69) is 30.1 Å². The first-order valence-electron chi connectivity index (χ1n) is 6.80. The number of rotatable bonds is 4. The summed E-state index contributed by atoms with van der Waals surface area (Å²) >= 11 is 0. The van der Waals surface area contributed by atoms with Gasteiger partial charge in [0, 0.05) is 25.4 Å². The van der Waals surface area contributed by atoms with Gasteiger partial charge in [0.25, 0.3) is 0 Å². The van der Waals surface area contributed by atoms with Crippen LogP contribution in [0.15, 0.2) is 18.2 Å². The maximum atomic E-state index is 5.94. The maximum absolute atomic E-state index is 5.94. The van der Waals surface area contributed by atoms with Gasteiger partial charge >= 0.3 is 0 Å². The minimum Gasteiger partial charge on any atom is -0.399 e. The van der Waals surface area contributed by atoms with Gasteiger partial charge in [-0.15, -0.1) is 0 Å². The number of ether oxygens (including phenoxy) is 1. The highest BCUT2D eigenvalue weighted by Gasteiger charge is 2.15. The Kier molecular flexibility index (Phi) is 4.61. The summed E-state index contributed by atoms with van der Waals surface area (Å²) in [5.41, 5.74) is 9.25. The van der Waals surface area contributed by atoms with Crippen LogP contribution in [0.25, 0.3) is 0 Å². The molecule has 1 aliphatic heterocycles. The zero-order valence-electron chi connectivity index (χ0n) is 11.5. The number of nitrogen functional groups attached to an aromatic ring is 1. The molecule has 1 aliphatic rings. The molecule has 1 aromatic carbocycles. The fraction of sp³-hybridized carbons (Fsp3) is 0.600. The Morgan fingerprint density at radius 3 is 2.89 bits per heavy atom. The standard InChI is InChI=1S/C15H24N2O/c1-12-6-7-13(9-15(12)16)10-17(2)11-14-5-3-4-8-18-14/h6-7,9,14H,3-5,8,10-11,16H2,1-2H3. The minimum absolute atomic E-state index is 0.409. The second kappa shape index (κ2) is 6.21. The minimum atomic E-state index is 0.409. The average molecular weight is 248 g/mol. The van der Waals surface area contributed by atoms with Gasteiger partial charge in [0.2, 0.25) is 0 Å². The molecule has 2 rings (SSSR count). The smallest absolute Gasteiger partial charge is 0.0702 e. The first kappa shape index (κ1) is 13.4. The average Bonchev–Trinajstić information content (AvgIpc) is 2.35. The van der Waals surface area contributed by atoms with Crippen molar-refractivity contribution in [2.24, 2.45) is 0 Å². The second-order valence-electron chi connectivity index (χ2n) is 5.38. The number of nitrogens with two attached hydrogens (primary N) is 1. The van der Waals surface area contributed by atoms with Crippen molar-refractivity contribution in [3.05, 3.63) is 29.3 Å². The molecule has 0 aliphatic carbocycles. The number of hydrogen-bond acceptors (Lipinski definition) is 3. The molecule has 0 amide bonds. The van der Waals surface area contributed by atoms with Gasteiger partial charge in [0.05, 0.1) is 6.10 Å². The summed E-state index contributed by atoms with van der Waals surface area (Å²) in [6.45, 7) is 4.91. The van der Waals surface area contributed by atoms with Gasteiger partial charge in [-0.1, -0.05) is 12.1 Å². The lowest BCUT2D eigenvalue weighted by Crippen LogP contribution is -2.33. The fourth-order valence-corrected chi connectivity index (χ4v) is 2.46. The molecule has 0 saturated carbocycles. The van der Waals surface area contributed by atoms with Crippen molar-refractivity contribution >= 4 is 5.69 Å². The zero-order valence-corrected chi connectivity index (χ0v) is 11.5. The van der Waals surface area contributed by atoms with E-state index in [0.29, 0.717) is 6.10 Å². The van der Waals surface area contributed by atoms with Crippen LogP contribution < -0.4 is 5.73 Å². The van der Waals surface area contributed by atoms with Crippen LogP contribution >= 0.6 is 0 Å². The number of anilines is 1. The second-order valence-corrected chi connectivity index (χ2v) is 5.38. The van der Waals surface area contributed by atoms with E-state index in [4.69, 9.17) is 10.5 Å². The van der Waals surface area contributed by atoms with E-state index in [1.54, 1.807) is 0 Å². The molecule has 0 bridgehead atoms. The quantitative estimate of drug-likeness (QED) is 0.832. The molecule has 1 fully saturated rings. The van der Waals surface area contributed by atoms with Crippen molar-refractivity contribution in [2.75, 3.05) is 25.9 Å². The van der Waals surface area contributed by atoms with E-state index in [0.717, 1.165) is 30.9 Å². The van der Waals surface area contributed by atoms with E-state index in [1.807, 2.05) is 6.92 Å². The number of benzene rings is 1. The van der Waals surface area contributed by atoms with Crippen LogP contribution in [0.1, 0.15) is 30.4 Å². The van der Waals surface area contributed by atoms with Crippen molar-refractivity contribution in [1.82, 2.24) is 4.90 Å². The molecular weight excluding hydrogens is 224 g/mol. The van der Waals surface area contributed by atoms with Crippen LogP contribution in [0.5, 0.6) is 0 Å². The largest absolute Gasteiger partial charge is 0.399 e. The molecule has 2 N–H and O–H groups in total. The van der Waals surface area contributed by atoms with E-state index < -0.39 is 0 Å². The van der Waals surface area contributed by atoms with E-state index in [-0.39, 0.29) is 0 Å². The van der Waals surface area contributed by atoms with E-state index in [9.17, 15) is 0 Å². The third-order valence-electron chi connectivity index (χ3n) is 3.59. The SMILES string of the molecule is Cc1ccc(CN(C)CC2CCCCO2)cc1N. The lowest BCUT2D eigenvalue weighted by Gasteiger charge is -2.27. The molecule has 1 aromatic rings. The molecule has 1 saturated heterocycles. The first-order chi connectivity index (χ1) is 8.65. The summed E-state index contributed by atoms with van der Waals surface area (Å²) in [5, 5.41) is 0. The Balaban J connectivity index is 1.85. The molecule has 0 aromatic heterocycles. The summed E-state index contributed by atoms with van der Waals surface area (Å²) in [5.74, 6) is 0. The normalized spacial score (nSPS) is 20.3. The third-order valence-corrected chi connectivity index (χ3v) is 3.59. The van der Waals surface area contributed by atoms with Crippen LogP contribution in [0.3, 0.4) is 0 Å². The maximum Gasteiger partial charge on any atom is 0.0702 e. The molecule has 18 heavy (non-hydrogen) atoms. The van der Waals surface area contributed by atoms with Gasteiger partial charge in [0.1, 0.15) is 0 Å². The van der Waals surface area contributed by atoms with Crippen LogP contribution in [-0.4, -0.2) is 31.2 Å². The van der Waals surface area contributed by atoms with Crippen LogP contribution in [0.4, 0.5) is 5.69 Å². The van der Waals surface area contributed by atoms with Crippen LogP contribution in [0, 0.1) is 6.92 Å². The molecule has 1 unspecified atom stereocenters. The first-order valence-corrected chi connectivity index (χ1v) is 6.80. The van der Waals surface area contributed by atoms with Crippen LogP contribution in [0.2, 0.25) is 0 Å². The molecular formula is C15H24N2O. The molecule has 1 atom stereocenters. The summed E-state index contributed by atoms with van der Waals surface area (Å²) in [7, 11) is 2.15. The van der Waals surface area contributed by atoms with Crippen molar-refractivity contribution in [3.63, 3.8) is 0 Å². The molecule has 100 valence electrons. The highest BCUT2D eigenvalue weighted by atomic mass is 16.5. The van der Waals surface area contributed by atoms with Gasteiger partial charge in [-0.2, -0.15) is 0 Å². The predicted molar refractivity (Wildman–Crippen MR) is 75.5 cm³/mol. The zero-order chi connectivity index (χ0) is 13.0. The molecule has 3 heteroatoms. The molecule has 0 spiro atoms. The van der Waals surface area contributed by atoms with Crippen molar-refractivity contribution in [1.29, 1.82) is 0 Å². The monoisotopic (exact) mass is 248 g/mol. The van der Waals surface area contributed by atoms with Crippen molar-refractivity contribution in [2.45, 2.75) is 38.8 Å². The third kappa shape index (κ3) is 3.72. The van der Waals surface area contributed by atoms with Gasteiger partial charge in [-0.05, 0) is 50.4 Å². The lowest BCUT2D eigenvalue weighted by atomic mass is 10.1. The molecule has 1 heterocycles.